The number of carbonyl (C=O) groups is 2. The van der Waals surface area contributed by atoms with Crippen LogP contribution in [-0.2, 0) is 4.79 Å². The van der Waals surface area contributed by atoms with Gasteiger partial charge in [0.1, 0.15) is 0 Å². The summed E-state index contributed by atoms with van der Waals surface area (Å²) >= 11 is 12.2. The Morgan fingerprint density at radius 3 is 2.52 bits per heavy atom. The Morgan fingerprint density at radius 2 is 1.84 bits per heavy atom. The van der Waals surface area contributed by atoms with Gasteiger partial charge in [0, 0.05) is 36.1 Å². The number of aromatic nitrogens is 2. The van der Waals surface area contributed by atoms with Crippen LogP contribution in [0.1, 0.15) is 22.8 Å². The van der Waals surface area contributed by atoms with Crippen molar-refractivity contribution in [3.63, 3.8) is 0 Å². The lowest BCUT2D eigenvalue weighted by Crippen LogP contribution is -2.05. The van der Waals surface area contributed by atoms with Crippen LogP contribution >= 0.6 is 23.2 Å². The second-order valence-electron chi connectivity index (χ2n) is 5.37. The van der Waals surface area contributed by atoms with Gasteiger partial charge in [-0.2, -0.15) is 0 Å². The number of hydrogen-bond acceptors (Lipinski definition) is 3. The average molecular weight is 374 g/mol. The number of nitrogens with zero attached hydrogens (tertiary/aromatic N) is 1. The van der Waals surface area contributed by atoms with Crippen molar-refractivity contribution < 1.29 is 9.59 Å². The molecule has 25 heavy (non-hydrogen) atoms. The topological polar surface area (TPSA) is 74.8 Å². The molecule has 7 heteroatoms. The number of hydrogen-bond donors (Lipinski definition) is 2. The van der Waals surface area contributed by atoms with Crippen LogP contribution in [0.5, 0.6) is 0 Å². The predicted octanol–water partition coefficient (Wildman–Crippen LogP) is 4.57. The van der Waals surface area contributed by atoms with E-state index in [1.165, 1.54) is 6.92 Å². The highest BCUT2D eigenvalue weighted by Gasteiger charge is 2.18. The summed E-state index contributed by atoms with van der Waals surface area (Å²) in [6.07, 6.45) is 4.76. The fraction of sp³-hybridized carbons (Fsp3) is 0.0556. The van der Waals surface area contributed by atoms with Gasteiger partial charge in [-0.05, 0) is 24.3 Å². The van der Waals surface area contributed by atoms with Crippen molar-refractivity contribution in [3.05, 3.63) is 70.1 Å². The molecule has 2 heterocycles. The first-order valence-corrected chi connectivity index (χ1v) is 8.11. The van der Waals surface area contributed by atoms with Crippen molar-refractivity contribution in [1.82, 2.24) is 9.97 Å². The number of anilines is 1. The fourth-order valence-corrected chi connectivity index (χ4v) is 2.98. The number of nitrogens with one attached hydrogen (secondary N) is 2. The highest BCUT2D eigenvalue weighted by Crippen LogP contribution is 2.28. The lowest BCUT2D eigenvalue weighted by Gasteiger charge is -2.04. The number of carbonyl (C=O) groups excluding carboxylic acids is 2. The van der Waals surface area contributed by atoms with Crippen LogP contribution < -0.4 is 5.32 Å². The molecule has 0 aliphatic heterocycles. The summed E-state index contributed by atoms with van der Waals surface area (Å²) in [5, 5.41) is 3.27. The quantitative estimate of drug-likeness (QED) is 0.657. The molecule has 5 nitrogen and oxygen atoms in total. The Bertz CT molecular complexity index is 946. The van der Waals surface area contributed by atoms with Crippen LogP contribution in [-0.4, -0.2) is 21.7 Å². The van der Waals surface area contributed by atoms with Gasteiger partial charge in [-0.25, -0.2) is 0 Å². The molecule has 2 aromatic heterocycles. The zero-order valence-electron chi connectivity index (χ0n) is 13.1. The molecule has 1 aromatic carbocycles. The third-order valence-corrected chi connectivity index (χ3v) is 4.13. The smallest absolute Gasteiger partial charge is 0.221 e. The van der Waals surface area contributed by atoms with Crippen molar-refractivity contribution >= 4 is 40.6 Å². The first kappa shape index (κ1) is 17.2. The number of halogens is 2. The van der Waals surface area contributed by atoms with E-state index >= 15 is 0 Å². The van der Waals surface area contributed by atoms with Gasteiger partial charge in [0.25, 0.3) is 0 Å². The molecule has 0 radical (unpaired) electrons. The van der Waals surface area contributed by atoms with Gasteiger partial charge in [0.05, 0.1) is 27.5 Å². The lowest BCUT2D eigenvalue weighted by molar-refractivity contribution is -0.114. The van der Waals surface area contributed by atoms with Crippen LogP contribution in [0, 0.1) is 0 Å². The molecule has 0 spiro atoms. The van der Waals surface area contributed by atoms with Crippen LogP contribution in [0.3, 0.4) is 0 Å². The molecule has 0 fully saturated rings. The average Bonchev–Trinajstić information content (AvgIpc) is 3.04. The Morgan fingerprint density at radius 1 is 1.12 bits per heavy atom. The van der Waals surface area contributed by atoms with E-state index in [0.29, 0.717) is 27.0 Å². The Labute approximate surface area is 154 Å². The Balaban J connectivity index is 1.93. The molecule has 0 atom stereocenters. The monoisotopic (exact) mass is 373 g/mol. The van der Waals surface area contributed by atoms with Gasteiger partial charge in [0.15, 0.2) is 5.78 Å². The maximum Gasteiger partial charge on any atom is 0.221 e. The molecule has 0 saturated heterocycles. The van der Waals surface area contributed by atoms with Crippen LogP contribution in [0.15, 0.2) is 48.9 Å². The van der Waals surface area contributed by atoms with Gasteiger partial charge in [0.2, 0.25) is 5.91 Å². The highest BCUT2D eigenvalue weighted by atomic mass is 35.5. The van der Waals surface area contributed by atoms with E-state index in [9.17, 15) is 9.59 Å². The summed E-state index contributed by atoms with van der Waals surface area (Å²) < 4.78 is 0. The third-order valence-electron chi connectivity index (χ3n) is 3.50. The SMILES string of the molecule is CC(=O)Nc1cncc(-c2cc(C(=O)c3c(Cl)cccc3Cl)c[nH]2)c1. The summed E-state index contributed by atoms with van der Waals surface area (Å²) in [5.74, 6) is -0.460. The predicted molar refractivity (Wildman–Crippen MR) is 98.2 cm³/mol. The molecule has 126 valence electrons. The molecule has 2 N–H and O–H groups in total. The van der Waals surface area contributed by atoms with Crippen LogP contribution in [0.25, 0.3) is 11.3 Å². The zero-order valence-corrected chi connectivity index (χ0v) is 14.7. The maximum absolute atomic E-state index is 12.7. The molecule has 0 aliphatic rings. The molecule has 3 rings (SSSR count). The summed E-state index contributed by atoms with van der Waals surface area (Å²) in [6.45, 7) is 1.42. The molecular formula is C18H13Cl2N3O2. The van der Waals surface area contributed by atoms with E-state index in [0.717, 1.165) is 5.56 Å². The van der Waals surface area contributed by atoms with Gasteiger partial charge >= 0.3 is 0 Å². The zero-order chi connectivity index (χ0) is 18.0. The molecule has 3 aromatic rings. The van der Waals surface area contributed by atoms with Crippen molar-refractivity contribution in [2.24, 2.45) is 0 Å². The number of aromatic amines is 1. The van der Waals surface area contributed by atoms with Crippen molar-refractivity contribution in [2.45, 2.75) is 6.92 Å². The minimum atomic E-state index is -0.274. The van der Waals surface area contributed by atoms with Crippen molar-refractivity contribution in [1.29, 1.82) is 0 Å². The minimum Gasteiger partial charge on any atom is -0.360 e. The number of pyridine rings is 1. The first-order chi connectivity index (χ1) is 12.0. The third kappa shape index (κ3) is 3.73. The minimum absolute atomic E-state index is 0.185. The van der Waals surface area contributed by atoms with E-state index < -0.39 is 0 Å². The van der Waals surface area contributed by atoms with E-state index in [2.05, 4.69) is 15.3 Å². The van der Waals surface area contributed by atoms with Gasteiger partial charge < -0.3 is 10.3 Å². The van der Waals surface area contributed by atoms with E-state index in [-0.39, 0.29) is 17.3 Å². The number of rotatable bonds is 4. The van der Waals surface area contributed by atoms with E-state index in [1.54, 1.807) is 48.9 Å². The number of ketones is 1. The van der Waals surface area contributed by atoms with E-state index in [1.807, 2.05) is 0 Å². The number of amides is 1. The first-order valence-electron chi connectivity index (χ1n) is 7.36. The maximum atomic E-state index is 12.7. The Kier molecular flexibility index (Phi) is 4.88. The summed E-state index contributed by atoms with van der Waals surface area (Å²) in [5.41, 5.74) is 2.68. The summed E-state index contributed by atoms with van der Waals surface area (Å²) in [6, 6.07) is 8.38. The van der Waals surface area contributed by atoms with Gasteiger partial charge in [-0.3, -0.25) is 14.6 Å². The van der Waals surface area contributed by atoms with E-state index in [4.69, 9.17) is 23.2 Å². The summed E-state index contributed by atoms with van der Waals surface area (Å²) in [7, 11) is 0. The van der Waals surface area contributed by atoms with Crippen molar-refractivity contribution in [2.75, 3.05) is 5.32 Å². The van der Waals surface area contributed by atoms with Crippen LogP contribution in [0.2, 0.25) is 10.0 Å². The molecule has 0 aliphatic carbocycles. The number of H-pyrrole nitrogens is 1. The number of benzene rings is 1. The lowest BCUT2D eigenvalue weighted by atomic mass is 10.0. The standard InChI is InChI=1S/C18H13Cl2N3O2/c1-10(24)23-13-5-11(7-21-9-13)16-6-12(8-22-16)18(25)17-14(19)3-2-4-15(17)20/h2-9,22H,1H3,(H,23,24). The molecule has 1 amide bonds. The summed E-state index contributed by atoms with van der Waals surface area (Å²) in [4.78, 5) is 31.0. The Hall–Kier alpha value is -2.63. The molecule has 0 bridgehead atoms. The second-order valence-corrected chi connectivity index (χ2v) is 6.19. The van der Waals surface area contributed by atoms with Gasteiger partial charge in [-0.1, -0.05) is 29.3 Å². The van der Waals surface area contributed by atoms with Gasteiger partial charge in [-0.15, -0.1) is 0 Å². The fourth-order valence-electron chi connectivity index (χ4n) is 2.41. The molecule has 0 unspecified atom stereocenters. The normalized spacial score (nSPS) is 10.5. The van der Waals surface area contributed by atoms with Crippen molar-refractivity contribution in [3.8, 4) is 11.3 Å². The second kappa shape index (κ2) is 7.09. The molecular weight excluding hydrogens is 361 g/mol. The molecule has 0 saturated carbocycles. The van der Waals surface area contributed by atoms with Crippen LogP contribution in [0.4, 0.5) is 5.69 Å². The highest BCUT2D eigenvalue weighted by molar-refractivity contribution is 6.41. The largest absolute Gasteiger partial charge is 0.360 e.